The van der Waals surface area contributed by atoms with E-state index in [1.54, 1.807) is 0 Å². The van der Waals surface area contributed by atoms with Crippen LogP contribution in [0, 0.1) is 11.8 Å². The predicted molar refractivity (Wildman–Crippen MR) is 128 cm³/mol. The van der Waals surface area contributed by atoms with Crippen LogP contribution in [0.15, 0.2) is 72.8 Å². The minimum Gasteiger partial charge on any atom is -0.353 e. The van der Waals surface area contributed by atoms with Crippen LogP contribution in [0.2, 0.25) is 0 Å². The van der Waals surface area contributed by atoms with Gasteiger partial charge in [-0.25, -0.2) is 0 Å². The number of benzene rings is 2. The zero-order valence-corrected chi connectivity index (χ0v) is 18.8. The number of carbonyl (C=O) groups is 2. The highest BCUT2D eigenvalue weighted by Crippen LogP contribution is 2.30. The fraction of sp³-hybridized carbons (Fsp3) is 0.429. The molecule has 1 N–H and O–H groups in total. The summed E-state index contributed by atoms with van der Waals surface area (Å²) in [5.74, 6) is -0.468. The molecule has 0 aliphatic heterocycles. The number of rotatable bonds is 7. The SMILES string of the molecule is O=C(NC1CCCCC1)C1CC=CCC1C(=O)N(Cc1ccccc1)Cc1ccccc1. The molecule has 0 saturated heterocycles. The first kappa shape index (κ1) is 22.3. The lowest BCUT2D eigenvalue weighted by atomic mass is 9.80. The molecule has 0 aromatic heterocycles. The van der Waals surface area contributed by atoms with E-state index in [4.69, 9.17) is 0 Å². The molecule has 2 unspecified atom stereocenters. The molecule has 2 aliphatic carbocycles. The molecule has 1 saturated carbocycles. The zero-order chi connectivity index (χ0) is 22.2. The summed E-state index contributed by atoms with van der Waals surface area (Å²) in [5.41, 5.74) is 2.21. The van der Waals surface area contributed by atoms with Gasteiger partial charge in [-0.3, -0.25) is 9.59 Å². The van der Waals surface area contributed by atoms with Crippen molar-refractivity contribution >= 4 is 11.8 Å². The Kier molecular flexibility index (Phi) is 7.76. The van der Waals surface area contributed by atoms with Gasteiger partial charge in [-0.15, -0.1) is 0 Å². The van der Waals surface area contributed by atoms with Gasteiger partial charge in [-0.1, -0.05) is 92.1 Å². The van der Waals surface area contributed by atoms with Crippen LogP contribution < -0.4 is 5.32 Å². The van der Waals surface area contributed by atoms with Crippen molar-refractivity contribution in [1.82, 2.24) is 10.2 Å². The third-order valence-electron chi connectivity index (χ3n) is 6.78. The summed E-state index contributed by atoms with van der Waals surface area (Å²) < 4.78 is 0. The highest BCUT2D eigenvalue weighted by molar-refractivity contribution is 5.88. The number of carbonyl (C=O) groups excluding carboxylic acids is 2. The zero-order valence-electron chi connectivity index (χ0n) is 18.8. The molecule has 2 amide bonds. The first-order chi connectivity index (χ1) is 15.7. The third-order valence-corrected chi connectivity index (χ3v) is 6.78. The van der Waals surface area contributed by atoms with E-state index in [2.05, 4.69) is 41.7 Å². The minimum atomic E-state index is -0.309. The summed E-state index contributed by atoms with van der Waals surface area (Å²) in [7, 11) is 0. The average Bonchev–Trinajstić information content (AvgIpc) is 2.85. The fourth-order valence-corrected chi connectivity index (χ4v) is 4.99. The van der Waals surface area contributed by atoms with Gasteiger partial charge < -0.3 is 10.2 Å². The van der Waals surface area contributed by atoms with Crippen molar-refractivity contribution in [3.05, 3.63) is 83.9 Å². The topological polar surface area (TPSA) is 49.4 Å². The molecule has 0 spiro atoms. The fourth-order valence-electron chi connectivity index (χ4n) is 4.99. The number of nitrogens with one attached hydrogen (secondary N) is 1. The second-order valence-corrected chi connectivity index (χ2v) is 9.16. The Balaban J connectivity index is 1.51. The van der Waals surface area contributed by atoms with E-state index in [1.165, 1.54) is 19.3 Å². The van der Waals surface area contributed by atoms with Gasteiger partial charge in [-0.2, -0.15) is 0 Å². The number of hydrogen-bond donors (Lipinski definition) is 1. The highest BCUT2D eigenvalue weighted by Gasteiger charge is 2.37. The van der Waals surface area contributed by atoms with Crippen molar-refractivity contribution in [1.29, 1.82) is 0 Å². The van der Waals surface area contributed by atoms with Crippen molar-refractivity contribution in [3.63, 3.8) is 0 Å². The Labute approximate surface area is 191 Å². The second kappa shape index (κ2) is 11.1. The van der Waals surface area contributed by atoms with Gasteiger partial charge in [0.05, 0.1) is 11.8 Å². The van der Waals surface area contributed by atoms with E-state index >= 15 is 0 Å². The van der Waals surface area contributed by atoms with Gasteiger partial charge in [0.1, 0.15) is 0 Å². The first-order valence-electron chi connectivity index (χ1n) is 12.0. The average molecular weight is 431 g/mol. The van der Waals surface area contributed by atoms with Crippen molar-refractivity contribution in [2.75, 3.05) is 0 Å². The predicted octanol–water partition coefficient (Wildman–Crippen LogP) is 5.25. The summed E-state index contributed by atoms with van der Waals surface area (Å²) in [4.78, 5) is 29.0. The lowest BCUT2D eigenvalue weighted by Crippen LogP contribution is -2.47. The molecule has 168 valence electrons. The molecule has 4 rings (SSSR count). The quantitative estimate of drug-likeness (QED) is 0.610. The normalized spacial score (nSPS) is 21.1. The largest absolute Gasteiger partial charge is 0.353 e. The Morgan fingerprint density at radius 2 is 1.28 bits per heavy atom. The van der Waals surface area contributed by atoms with E-state index < -0.39 is 0 Å². The summed E-state index contributed by atoms with van der Waals surface area (Å²) in [6.07, 6.45) is 11.1. The van der Waals surface area contributed by atoms with Crippen LogP contribution in [0.1, 0.15) is 56.1 Å². The van der Waals surface area contributed by atoms with E-state index in [-0.39, 0.29) is 29.7 Å². The van der Waals surface area contributed by atoms with Gasteiger partial charge in [0.15, 0.2) is 0 Å². The molecular formula is C28H34N2O2. The van der Waals surface area contributed by atoms with Crippen LogP contribution in [-0.4, -0.2) is 22.8 Å². The molecule has 2 aromatic rings. The lowest BCUT2D eigenvalue weighted by Gasteiger charge is -2.34. The molecule has 0 radical (unpaired) electrons. The van der Waals surface area contributed by atoms with Crippen molar-refractivity contribution < 1.29 is 9.59 Å². The second-order valence-electron chi connectivity index (χ2n) is 9.16. The van der Waals surface area contributed by atoms with Gasteiger partial charge >= 0.3 is 0 Å². The monoisotopic (exact) mass is 430 g/mol. The molecule has 4 heteroatoms. The van der Waals surface area contributed by atoms with E-state index in [9.17, 15) is 9.59 Å². The van der Waals surface area contributed by atoms with E-state index in [0.717, 1.165) is 24.0 Å². The standard InChI is InChI=1S/C28H34N2O2/c31-27(29-24-16-8-3-9-17-24)25-18-10-11-19-26(25)28(32)30(20-22-12-4-1-5-13-22)21-23-14-6-2-7-15-23/h1-2,4-7,10-15,24-26H,3,8-9,16-21H2,(H,29,31). The van der Waals surface area contributed by atoms with Gasteiger partial charge in [0.2, 0.25) is 11.8 Å². The summed E-state index contributed by atoms with van der Waals surface area (Å²) in [6.45, 7) is 1.09. The van der Waals surface area contributed by atoms with Gasteiger partial charge in [0, 0.05) is 19.1 Å². The van der Waals surface area contributed by atoms with Gasteiger partial charge in [-0.05, 0) is 36.8 Å². The Hall–Kier alpha value is -2.88. The summed E-state index contributed by atoms with van der Waals surface area (Å²) in [5, 5.41) is 3.27. The Bertz CT molecular complexity index is 862. The van der Waals surface area contributed by atoms with Crippen LogP contribution in [0.25, 0.3) is 0 Å². The van der Waals surface area contributed by atoms with Crippen LogP contribution in [0.4, 0.5) is 0 Å². The number of nitrogens with zero attached hydrogens (tertiary/aromatic N) is 1. The van der Waals surface area contributed by atoms with Crippen LogP contribution in [0.3, 0.4) is 0 Å². The Morgan fingerprint density at radius 1 is 0.750 bits per heavy atom. The molecule has 2 aliphatic rings. The molecule has 1 fully saturated rings. The van der Waals surface area contributed by atoms with Crippen molar-refractivity contribution in [2.24, 2.45) is 11.8 Å². The maximum absolute atomic E-state index is 13.8. The summed E-state index contributed by atoms with van der Waals surface area (Å²) in [6, 6.07) is 20.5. The van der Waals surface area contributed by atoms with E-state index in [1.807, 2.05) is 41.3 Å². The van der Waals surface area contributed by atoms with Crippen LogP contribution >= 0.6 is 0 Å². The molecule has 0 heterocycles. The summed E-state index contributed by atoms with van der Waals surface area (Å²) >= 11 is 0. The third kappa shape index (κ3) is 5.87. The molecule has 2 atom stereocenters. The Morgan fingerprint density at radius 3 is 1.84 bits per heavy atom. The molecule has 2 aromatic carbocycles. The van der Waals surface area contributed by atoms with Crippen LogP contribution in [0.5, 0.6) is 0 Å². The maximum atomic E-state index is 13.8. The first-order valence-corrected chi connectivity index (χ1v) is 12.0. The van der Waals surface area contributed by atoms with Crippen LogP contribution in [-0.2, 0) is 22.7 Å². The molecule has 4 nitrogen and oxygen atoms in total. The van der Waals surface area contributed by atoms with Gasteiger partial charge in [0.25, 0.3) is 0 Å². The van der Waals surface area contributed by atoms with Crippen molar-refractivity contribution in [3.8, 4) is 0 Å². The molecule has 32 heavy (non-hydrogen) atoms. The molecular weight excluding hydrogens is 396 g/mol. The maximum Gasteiger partial charge on any atom is 0.227 e. The smallest absolute Gasteiger partial charge is 0.227 e. The molecule has 0 bridgehead atoms. The highest BCUT2D eigenvalue weighted by atomic mass is 16.2. The number of amides is 2. The number of allylic oxidation sites excluding steroid dienone is 2. The lowest BCUT2D eigenvalue weighted by molar-refractivity contribution is -0.143. The van der Waals surface area contributed by atoms with Crippen molar-refractivity contribution in [2.45, 2.75) is 64.1 Å². The number of hydrogen-bond acceptors (Lipinski definition) is 2. The van der Waals surface area contributed by atoms with E-state index in [0.29, 0.717) is 25.9 Å². The minimum absolute atomic E-state index is 0.0546.